The minimum absolute atomic E-state index is 0.0152. The van der Waals surface area contributed by atoms with E-state index in [0.717, 1.165) is 0 Å². The topological polar surface area (TPSA) is 46.5 Å². The Morgan fingerprint density at radius 1 is 1.41 bits per heavy atom. The molecule has 88 valence electrons. The number of carbonyl (C=O) groups is 1. The van der Waals surface area contributed by atoms with Crippen molar-refractivity contribution in [1.29, 1.82) is 0 Å². The molecule has 0 bridgehead atoms. The third kappa shape index (κ3) is 2.23. The Kier molecular flexibility index (Phi) is 2.13. The van der Waals surface area contributed by atoms with Gasteiger partial charge < -0.3 is 9.84 Å². The number of hydrogen-bond acceptors (Lipinski definition) is 2. The number of fused-ring (bicyclic) bond motifs is 1. The van der Waals surface area contributed by atoms with E-state index < -0.39 is 11.9 Å². The summed E-state index contributed by atoms with van der Waals surface area (Å²) in [6.45, 7) is 1.42. The highest BCUT2D eigenvalue weighted by Crippen LogP contribution is 2.25. The van der Waals surface area contributed by atoms with Crippen LogP contribution in [-0.2, 0) is 4.79 Å². The Bertz CT molecular complexity index is 698. The van der Waals surface area contributed by atoms with Gasteiger partial charge in [-0.25, -0.2) is 0 Å². The van der Waals surface area contributed by atoms with Crippen LogP contribution in [0.25, 0.3) is 10.8 Å². The average molecular weight is 233 g/mol. The minimum Gasteiger partial charge on any atom is -0.497 e. The molecule has 3 nitrogen and oxygen atoms in total. The van der Waals surface area contributed by atoms with E-state index in [0.29, 0.717) is 16.5 Å². The van der Waals surface area contributed by atoms with Gasteiger partial charge in [0.15, 0.2) is 0 Å². The molecule has 17 heavy (non-hydrogen) atoms. The van der Waals surface area contributed by atoms with E-state index in [1.807, 2.05) is 0 Å². The number of rotatable bonds is 3. The summed E-state index contributed by atoms with van der Waals surface area (Å²) < 4.78 is 29.2. The van der Waals surface area contributed by atoms with E-state index in [9.17, 15) is 4.79 Å². The van der Waals surface area contributed by atoms with Crippen LogP contribution >= 0.6 is 0 Å². The smallest absolute Gasteiger partial charge is 0.310 e. The molecule has 2 aromatic rings. The summed E-state index contributed by atoms with van der Waals surface area (Å²) in [5.74, 6) is -1.58. The lowest BCUT2D eigenvalue weighted by atomic mass is 9.98. The maximum atomic E-state index is 11.1. The van der Waals surface area contributed by atoms with E-state index in [1.165, 1.54) is 14.0 Å². The first kappa shape index (κ1) is 8.12. The van der Waals surface area contributed by atoms with Gasteiger partial charge in [0.25, 0.3) is 0 Å². The van der Waals surface area contributed by atoms with Crippen molar-refractivity contribution in [3.05, 3.63) is 41.9 Å². The van der Waals surface area contributed by atoms with Gasteiger partial charge in [0.1, 0.15) is 5.75 Å². The monoisotopic (exact) mass is 233 g/mol. The lowest BCUT2D eigenvalue weighted by Gasteiger charge is -2.08. The van der Waals surface area contributed by atoms with Crippen molar-refractivity contribution in [2.75, 3.05) is 7.11 Å². The van der Waals surface area contributed by atoms with Gasteiger partial charge in [-0.15, -0.1) is 0 Å². The zero-order valence-corrected chi connectivity index (χ0v) is 9.57. The highest BCUT2D eigenvalue weighted by Gasteiger charge is 2.13. The summed E-state index contributed by atoms with van der Waals surface area (Å²) >= 11 is 0. The van der Waals surface area contributed by atoms with Crippen LogP contribution in [0, 0.1) is 0 Å². The molecule has 0 radical (unpaired) electrons. The van der Waals surface area contributed by atoms with Gasteiger partial charge in [0.05, 0.1) is 17.1 Å². The largest absolute Gasteiger partial charge is 0.497 e. The zero-order valence-electron chi connectivity index (χ0n) is 12.6. The predicted molar refractivity (Wildman–Crippen MR) is 66.6 cm³/mol. The standard InChI is InChI=1S/C14H14O3/c1-9(14(15)16)10-3-4-12-8-13(17-2)6-5-11(12)7-10/h3-9H,1-2H3,(H,15,16)/i3D,4D,7D. The fraction of sp³-hybridized carbons (Fsp3) is 0.214. The van der Waals surface area contributed by atoms with Crippen LogP contribution in [0.2, 0.25) is 0 Å². The Morgan fingerprint density at radius 3 is 2.82 bits per heavy atom. The number of carboxylic acids is 1. The Labute approximate surface area is 104 Å². The minimum atomic E-state index is -1.11. The molecule has 1 N–H and O–H groups in total. The number of hydrogen-bond donors (Lipinski definition) is 1. The van der Waals surface area contributed by atoms with E-state index in [1.54, 1.807) is 18.2 Å². The lowest BCUT2D eigenvalue weighted by molar-refractivity contribution is -0.138. The molecule has 0 amide bonds. The molecule has 3 heteroatoms. The van der Waals surface area contributed by atoms with Crippen LogP contribution in [0.5, 0.6) is 5.75 Å². The second-order valence-electron chi connectivity index (χ2n) is 3.76. The quantitative estimate of drug-likeness (QED) is 0.886. The third-order valence-electron chi connectivity index (χ3n) is 2.63. The molecule has 1 unspecified atom stereocenters. The van der Waals surface area contributed by atoms with Gasteiger partial charge in [-0.2, -0.15) is 0 Å². The fourth-order valence-electron chi connectivity index (χ4n) is 1.51. The molecule has 0 heterocycles. The Hall–Kier alpha value is -2.03. The zero-order chi connectivity index (χ0) is 15.0. The Balaban J connectivity index is 2.84. The van der Waals surface area contributed by atoms with E-state index in [4.69, 9.17) is 14.0 Å². The third-order valence-corrected chi connectivity index (χ3v) is 2.63. The molecule has 0 aliphatic carbocycles. The molecule has 0 saturated heterocycles. The van der Waals surface area contributed by atoms with Crippen LogP contribution in [-0.4, -0.2) is 18.2 Å². The van der Waals surface area contributed by atoms with Gasteiger partial charge in [0.2, 0.25) is 0 Å². The van der Waals surface area contributed by atoms with Crippen LogP contribution in [0.4, 0.5) is 0 Å². The van der Waals surface area contributed by atoms with Crippen molar-refractivity contribution < 1.29 is 18.8 Å². The van der Waals surface area contributed by atoms with Crippen molar-refractivity contribution in [2.45, 2.75) is 12.8 Å². The molecule has 1 atom stereocenters. The normalized spacial score (nSPS) is 14.8. The maximum absolute atomic E-state index is 11.1. The van der Waals surface area contributed by atoms with Crippen LogP contribution < -0.4 is 4.74 Å². The summed E-state index contributed by atoms with van der Waals surface area (Å²) in [5, 5.41) is 9.95. The van der Waals surface area contributed by atoms with Crippen LogP contribution in [0.15, 0.2) is 36.3 Å². The summed E-state index contributed by atoms with van der Waals surface area (Å²) in [4.78, 5) is 11.1. The highest BCUT2D eigenvalue weighted by atomic mass is 16.5. The number of aliphatic carboxylic acids is 1. The van der Waals surface area contributed by atoms with Crippen molar-refractivity contribution in [1.82, 2.24) is 0 Å². The first-order chi connectivity index (χ1) is 9.38. The second-order valence-corrected chi connectivity index (χ2v) is 3.76. The van der Waals surface area contributed by atoms with Crippen molar-refractivity contribution in [2.24, 2.45) is 0 Å². The van der Waals surface area contributed by atoms with E-state index in [2.05, 4.69) is 0 Å². The fourth-order valence-corrected chi connectivity index (χ4v) is 1.51. The first-order valence-corrected chi connectivity index (χ1v) is 5.18. The summed E-state index contributed by atoms with van der Waals surface area (Å²) in [5.41, 5.74) is 0.0696. The molecule has 0 aliphatic heterocycles. The van der Waals surface area contributed by atoms with Gasteiger partial charge in [-0.05, 0) is 35.4 Å². The molecular formula is C14H14O3. The molecule has 0 spiro atoms. The Morgan fingerprint density at radius 2 is 2.18 bits per heavy atom. The maximum Gasteiger partial charge on any atom is 0.310 e. The first-order valence-electron chi connectivity index (χ1n) is 6.68. The van der Waals surface area contributed by atoms with Crippen LogP contribution in [0.1, 0.15) is 22.5 Å². The second kappa shape index (κ2) is 4.45. The molecule has 0 fully saturated rings. The van der Waals surface area contributed by atoms with Gasteiger partial charge >= 0.3 is 5.97 Å². The SMILES string of the molecule is [2H]c1c(C(C)C(=O)O)c([2H])c2ccc(OC)cc2c1[2H]. The highest BCUT2D eigenvalue weighted by molar-refractivity contribution is 5.86. The number of methoxy groups -OCH3 is 1. The van der Waals surface area contributed by atoms with Crippen LogP contribution in [0.3, 0.4) is 0 Å². The molecule has 0 aliphatic rings. The molecule has 2 aromatic carbocycles. The molecule has 0 aromatic heterocycles. The number of carboxylic acid groups (broad SMARTS) is 1. The van der Waals surface area contributed by atoms with Gasteiger partial charge in [-0.3, -0.25) is 4.79 Å². The lowest BCUT2D eigenvalue weighted by Crippen LogP contribution is -2.06. The van der Waals surface area contributed by atoms with Gasteiger partial charge in [0, 0.05) is 0 Å². The molecule has 0 saturated carbocycles. The number of ether oxygens (including phenoxy) is 1. The van der Waals surface area contributed by atoms with E-state index >= 15 is 0 Å². The molecular weight excluding hydrogens is 216 g/mol. The average Bonchev–Trinajstić information content (AvgIpc) is 2.44. The predicted octanol–water partition coefficient (Wildman–Crippen LogP) is 3.04. The molecule has 2 rings (SSSR count). The summed E-state index contributed by atoms with van der Waals surface area (Å²) in [7, 11) is 1.49. The summed E-state index contributed by atoms with van der Waals surface area (Å²) in [6, 6.07) is 4.54. The van der Waals surface area contributed by atoms with Crippen molar-refractivity contribution in [3.8, 4) is 5.75 Å². The van der Waals surface area contributed by atoms with Gasteiger partial charge in [-0.1, -0.05) is 24.2 Å². The van der Waals surface area contributed by atoms with Crippen molar-refractivity contribution >= 4 is 16.7 Å². The summed E-state index contributed by atoms with van der Waals surface area (Å²) in [6.07, 6.45) is 0. The number of benzene rings is 2. The van der Waals surface area contributed by atoms with E-state index in [-0.39, 0.29) is 23.7 Å². The van der Waals surface area contributed by atoms with Crippen molar-refractivity contribution in [3.63, 3.8) is 0 Å².